The number of nitrogens with zero attached hydrogens (tertiary/aromatic N) is 1. The molecule has 0 saturated heterocycles. The zero-order valence-electron chi connectivity index (χ0n) is 12.8. The third kappa shape index (κ3) is 5.00. The maximum absolute atomic E-state index is 12.0. The highest BCUT2D eigenvalue weighted by atomic mass is 32.1. The van der Waals surface area contributed by atoms with E-state index in [4.69, 9.17) is 4.74 Å². The number of carbonyl (C=O) groups excluding carboxylic acids is 2. The second kappa shape index (κ2) is 6.01. The second-order valence-corrected chi connectivity index (χ2v) is 7.21. The molecule has 1 aliphatic rings. The monoisotopic (exact) mass is 311 g/mol. The number of hydrogen-bond acceptors (Lipinski definition) is 5. The maximum Gasteiger partial charge on any atom is 0.408 e. The van der Waals surface area contributed by atoms with Crippen LogP contribution in [0.25, 0.3) is 0 Å². The molecular formula is C14H21N3O3S. The summed E-state index contributed by atoms with van der Waals surface area (Å²) in [5.41, 5.74) is 0.164. The van der Waals surface area contributed by atoms with E-state index in [1.165, 1.54) is 11.3 Å². The summed E-state index contributed by atoms with van der Waals surface area (Å²) >= 11 is 1.30. The number of carbonyl (C=O) groups is 2. The highest BCUT2D eigenvalue weighted by molar-refractivity contribution is 7.13. The van der Waals surface area contributed by atoms with Crippen molar-refractivity contribution < 1.29 is 14.3 Å². The summed E-state index contributed by atoms with van der Waals surface area (Å²) in [6.07, 6.45) is 1.62. The van der Waals surface area contributed by atoms with E-state index < -0.39 is 11.7 Å². The number of ether oxygens (including phenoxy) is 1. The molecule has 116 valence electrons. The quantitative estimate of drug-likeness (QED) is 0.894. The van der Waals surface area contributed by atoms with Crippen molar-refractivity contribution in [1.82, 2.24) is 15.6 Å². The molecule has 0 aromatic carbocycles. The van der Waals surface area contributed by atoms with Crippen molar-refractivity contribution in [3.63, 3.8) is 0 Å². The molecule has 0 aliphatic heterocycles. The fourth-order valence-electron chi connectivity index (χ4n) is 1.68. The van der Waals surface area contributed by atoms with E-state index >= 15 is 0 Å². The van der Waals surface area contributed by atoms with Crippen molar-refractivity contribution >= 4 is 23.3 Å². The van der Waals surface area contributed by atoms with Crippen LogP contribution < -0.4 is 10.6 Å². The van der Waals surface area contributed by atoms with Crippen molar-refractivity contribution in [2.24, 2.45) is 0 Å². The van der Waals surface area contributed by atoms with E-state index in [0.29, 0.717) is 21.6 Å². The predicted octanol–water partition coefficient (Wildman–Crippen LogP) is 2.37. The fourth-order valence-corrected chi connectivity index (χ4v) is 2.59. The van der Waals surface area contributed by atoms with Gasteiger partial charge in [0.2, 0.25) is 0 Å². The van der Waals surface area contributed by atoms with E-state index in [2.05, 4.69) is 15.6 Å². The Bertz CT molecular complexity index is 544. The number of aryl methyl sites for hydroxylation is 1. The molecule has 0 atom stereocenters. The van der Waals surface area contributed by atoms with Gasteiger partial charge in [0.25, 0.3) is 5.91 Å². The van der Waals surface area contributed by atoms with E-state index in [-0.39, 0.29) is 12.5 Å². The lowest BCUT2D eigenvalue weighted by Crippen LogP contribution is -2.32. The summed E-state index contributed by atoms with van der Waals surface area (Å²) in [7, 11) is 0. The number of rotatable bonds is 4. The number of aromatic nitrogens is 1. The van der Waals surface area contributed by atoms with Gasteiger partial charge in [-0.3, -0.25) is 4.79 Å². The van der Waals surface area contributed by atoms with Gasteiger partial charge in [0.15, 0.2) is 0 Å². The molecule has 1 heterocycles. The number of thiazole rings is 1. The van der Waals surface area contributed by atoms with Gasteiger partial charge in [-0.25, -0.2) is 9.78 Å². The van der Waals surface area contributed by atoms with Crippen molar-refractivity contribution in [2.45, 2.75) is 58.7 Å². The third-order valence-corrected chi connectivity index (χ3v) is 3.90. The summed E-state index contributed by atoms with van der Waals surface area (Å²) in [6.45, 7) is 7.48. The molecule has 0 radical (unpaired) electrons. The molecule has 0 bridgehead atoms. The SMILES string of the molecule is Cc1nc(CNC(=O)OC(C)(C)C)sc1C(=O)NC1CC1. The van der Waals surface area contributed by atoms with Gasteiger partial charge >= 0.3 is 6.09 Å². The molecule has 0 unspecified atom stereocenters. The second-order valence-electron chi connectivity index (χ2n) is 6.13. The van der Waals surface area contributed by atoms with Crippen LogP contribution in [0.15, 0.2) is 0 Å². The van der Waals surface area contributed by atoms with Crippen molar-refractivity contribution in [2.75, 3.05) is 0 Å². The van der Waals surface area contributed by atoms with Crippen LogP contribution in [0.3, 0.4) is 0 Å². The zero-order valence-corrected chi connectivity index (χ0v) is 13.6. The van der Waals surface area contributed by atoms with Crippen LogP contribution in [-0.2, 0) is 11.3 Å². The lowest BCUT2D eigenvalue weighted by Gasteiger charge is -2.19. The Morgan fingerprint density at radius 1 is 1.38 bits per heavy atom. The molecule has 1 aliphatic carbocycles. The Morgan fingerprint density at radius 2 is 2.05 bits per heavy atom. The summed E-state index contributed by atoms with van der Waals surface area (Å²) in [6, 6.07) is 0.322. The molecule has 2 N–H and O–H groups in total. The van der Waals surface area contributed by atoms with Gasteiger partial charge in [-0.2, -0.15) is 0 Å². The van der Waals surface area contributed by atoms with Gasteiger partial charge in [-0.1, -0.05) is 0 Å². The maximum atomic E-state index is 12.0. The minimum Gasteiger partial charge on any atom is -0.444 e. The van der Waals surface area contributed by atoms with E-state index in [1.807, 2.05) is 0 Å². The molecule has 21 heavy (non-hydrogen) atoms. The molecule has 1 fully saturated rings. The summed E-state index contributed by atoms with van der Waals surface area (Å²) in [4.78, 5) is 28.5. The molecule has 2 amide bonds. The van der Waals surface area contributed by atoms with Crippen LogP contribution in [0.5, 0.6) is 0 Å². The Morgan fingerprint density at radius 3 is 2.62 bits per heavy atom. The average Bonchev–Trinajstić information content (AvgIpc) is 3.06. The molecule has 1 saturated carbocycles. The summed E-state index contributed by atoms with van der Waals surface area (Å²) in [5, 5.41) is 6.28. The van der Waals surface area contributed by atoms with Gasteiger partial charge in [0, 0.05) is 6.04 Å². The summed E-state index contributed by atoms with van der Waals surface area (Å²) < 4.78 is 5.15. The predicted molar refractivity (Wildman–Crippen MR) is 80.4 cm³/mol. The molecule has 7 heteroatoms. The molecule has 6 nitrogen and oxygen atoms in total. The van der Waals surface area contributed by atoms with Crippen LogP contribution in [0.4, 0.5) is 4.79 Å². The van der Waals surface area contributed by atoms with Gasteiger partial charge < -0.3 is 15.4 Å². The largest absolute Gasteiger partial charge is 0.444 e. The third-order valence-electron chi connectivity index (χ3n) is 2.74. The Balaban J connectivity index is 1.89. The van der Waals surface area contributed by atoms with Crippen LogP contribution in [0.2, 0.25) is 0 Å². The van der Waals surface area contributed by atoms with Gasteiger partial charge in [-0.05, 0) is 40.5 Å². The van der Waals surface area contributed by atoms with Gasteiger partial charge in [-0.15, -0.1) is 11.3 Å². The molecule has 1 aromatic rings. The normalized spacial score (nSPS) is 14.7. The number of nitrogens with one attached hydrogen (secondary N) is 2. The van der Waals surface area contributed by atoms with Crippen molar-refractivity contribution in [3.8, 4) is 0 Å². The first-order chi connectivity index (χ1) is 9.74. The number of hydrogen-bond donors (Lipinski definition) is 2. The average molecular weight is 311 g/mol. The van der Waals surface area contributed by atoms with Crippen LogP contribution >= 0.6 is 11.3 Å². The number of alkyl carbamates (subject to hydrolysis) is 1. The Hall–Kier alpha value is -1.63. The minimum atomic E-state index is -0.530. The number of amides is 2. The van der Waals surface area contributed by atoms with Crippen molar-refractivity contribution in [3.05, 3.63) is 15.6 Å². The topological polar surface area (TPSA) is 80.3 Å². The summed E-state index contributed by atoms with van der Waals surface area (Å²) in [5.74, 6) is -0.0731. The molecule has 1 aromatic heterocycles. The van der Waals surface area contributed by atoms with E-state index in [9.17, 15) is 9.59 Å². The van der Waals surface area contributed by atoms with Gasteiger partial charge in [0.05, 0.1) is 12.2 Å². The molecular weight excluding hydrogens is 290 g/mol. The van der Waals surface area contributed by atoms with Gasteiger partial charge in [0.1, 0.15) is 15.5 Å². The van der Waals surface area contributed by atoms with Crippen LogP contribution in [-0.4, -0.2) is 28.6 Å². The first-order valence-electron chi connectivity index (χ1n) is 6.98. The first kappa shape index (κ1) is 15.8. The standard InChI is InChI=1S/C14H21N3O3S/c1-8-11(12(18)17-9-5-6-9)21-10(16-8)7-15-13(19)20-14(2,3)4/h9H,5-7H2,1-4H3,(H,15,19)(H,17,18). The zero-order chi connectivity index (χ0) is 15.6. The fraction of sp³-hybridized carbons (Fsp3) is 0.643. The van der Waals surface area contributed by atoms with Crippen molar-refractivity contribution in [1.29, 1.82) is 0 Å². The molecule has 2 rings (SSSR count). The molecule has 0 spiro atoms. The Labute approximate surface area is 128 Å². The Kier molecular flexibility index (Phi) is 4.51. The lowest BCUT2D eigenvalue weighted by atomic mass is 10.2. The first-order valence-corrected chi connectivity index (χ1v) is 7.80. The smallest absolute Gasteiger partial charge is 0.408 e. The van der Waals surface area contributed by atoms with Crippen LogP contribution in [0.1, 0.15) is 54.0 Å². The minimum absolute atomic E-state index is 0.0731. The van der Waals surface area contributed by atoms with Crippen LogP contribution in [0, 0.1) is 6.92 Å². The highest BCUT2D eigenvalue weighted by Gasteiger charge is 2.26. The van der Waals surface area contributed by atoms with E-state index in [0.717, 1.165) is 12.8 Å². The lowest BCUT2D eigenvalue weighted by molar-refractivity contribution is 0.0523. The highest BCUT2D eigenvalue weighted by Crippen LogP contribution is 2.22. The van der Waals surface area contributed by atoms with E-state index in [1.54, 1.807) is 27.7 Å².